The molecule has 1 aromatic rings. The Hall–Kier alpha value is -1.93. The van der Waals surface area contributed by atoms with Gasteiger partial charge in [-0.3, -0.25) is 4.79 Å². The molecule has 0 saturated carbocycles. The molecule has 0 aliphatic heterocycles. The van der Waals surface area contributed by atoms with Crippen molar-refractivity contribution in [2.24, 2.45) is 0 Å². The van der Waals surface area contributed by atoms with Crippen LogP contribution >= 0.6 is 0 Å². The molecule has 140 valence electrons. The highest BCUT2D eigenvalue weighted by Gasteiger charge is 2.20. The minimum Gasteiger partial charge on any atom is -0.449 e. The summed E-state index contributed by atoms with van der Waals surface area (Å²) in [6.07, 6.45) is 0.531. The van der Waals surface area contributed by atoms with Crippen LogP contribution in [0.15, 0.2) is 29.2 Å². The normalized spacial score (nSPS) is 13.8. The first-order valence-corrected chi connectivity index (χ1v) is 9.80. The lowest BCUT2D eigenvalue weighted by molar-refractivity contribution is -0.129. The maximum absolute atomic E-state index is 12.2. The van der Waals surface area contributed by atoms with Crippen LogP contribution in [0.25, 0.3) is 0 Å². The fraction of sp³-hybridized carbons (Fsp3) is 0.529. The van der Waals surface area contributed by atoms with E-state index in [4.69, 9.17) is 4.74 Å². The number of amides is 1. The lowest BCUT2D eigenvalue weighted by Gasteiger charge is -2.14. The van der Waals surface area contributed by atoms with Crippen LogP contribution in [0.3, 0.4) is 0 Å². The number of hydrogen-bond acceptors (Lipinski definition) is 5. The van der Waals surface area contributed by atoms with Crippen molar-refractivity contribution in [2.75, 3.05) is 6.54 Å². The van der Waals surface area contributed by atoms with E-state index in [1.54, 1.807) is 6.92 Å². The van der Waals surface area contributed by atoms with E-state index < -0.39 is 22.1 Å². The smallest absolute Gasteiger partial charge is 0.338 e. The molecule has 2 atom stereocenters. The number of benzene rings is 1. The summed E-state index contributed by atoms with van der Waals surface area (Å²) < 4.78 is 32.0. The molecule has 0 aromatic heterocycles. The van der Waals surface area contributed by atoms with Gasteiger partial charge < -0.3 is 10.1 Å². The SMILES string of the molecule is CCCNC(=O)[C@@H](C)OC(=O)c1ccc(S(=O)(=O)N[C@@H](C)CC)cc1. The zero-order chi connectivity index (χ0) is 19.0. The molecule has 1 amide bonds. The van der Waals surface area contributed by atoms with Gasteiger partial charge in [0.2, 0.25) is 10.0 Å². The molecule has 0 radical (unpaired) electrons. The zero-order valence-electron chi connectivity index (χ0n) is 15.0. The second kappa shape index (κ2) is 9.53. The predicted octanol–water partition coefficient (Wildman–Crippen LogP) is 1.83. The highest BCUT2D eigenvalue weighted by Crippen LogP contribution is 2.13. The van der Waals surface area contributed by atoms with E-state index in [-0.39, 0.29) is 22.4 Å². The van der Waals surface area contributed by atoms with E-state index in [2.05, 4.69) is 10.0 Å². The number of rotatable bonds is 9. The van der Waals surface area contributed by atoms with Gasteiger partial charge in [-0.1, -0.05) is 13.8 Å². The number of nitrogens with one attached hydrogen (secondary N) is 2. The number of carbonyl (C=O) groups is 2. The summed E-state index contributed by atoms with van der Waals surface area (Å²) in [5.74, 6) is -1.05. The lowest BCUT2D eigenvalue weighted by Crippen LogP contribution is -2.36. The molecule has 1 aromatic carbocycles. The molecule has 0 saturated heterocycles. The minimum atomic E-state index is -3.63. The summed E-state index contributed by atoms with van der Waals surface area (Å²) in [6, 6.07) is 5.22. The van der Waals surface area contributed by atoms with Crippen LogP contribution < -0.4 is 10.0 Å². The Labute approximate surface area is 149 Å². The van der Waals surface area contributed by atoms with Gasteiger partial charge in [-0.05, 0) is 51.0 Å². The van der Waals surface area contributed by atoms with Gasteiger partial charge in [-0.25, -0.2) is 17.9 Å². The summed E-state index contributed by atoms with van der Waals surface area (Å²) in [4.78, 5) is 23.8. The van der Waals surface area contributed by atoms with Crippen molar-refractivity contribution in [3.05, 3.63) is 29.8 Å². The average Bonchev–Trinajstić information content (AvgIpc) is 2.59. The molecule has 2 N–H and O–H groups in total. The van der Waals surface area contributed by atoms with Gasteiger partial charge in [0.05, 0.1) is 10.5 Å². The van der Waals surface area contributed by atoms with Crippen LogP contribution in [-0.2, 0) is 19.6 Å². The third kappa shape index (κ3) is 6.47. The number of sulfonamides is 1. The average molecular weight is 370 g/mol. The first-order chi connectivity index (χ1) is 11.7. The van der Waals surface area contributed by atoms with Crippen molar-refractivity contribution in [3.63, 3.8) is 0 Å². The van der Waals surface area contributed by atoms with Gasteiger partial charge in [-0.15, -0.1) is 0 Å². The van der Waals surface area contributed by atoms with Crippen molar-refractivity contribution in [3.8, 4) is 0 Å². The molecule has 0 spiro atoms. The Morgan fingerprint density at radius 3 is 2.24 bits per heavy atom. The quantitative estimate of drug-likeness (QED) is 0.646. The highest BCUT2D eigenvalue weighted by atomic mass is 32.2. The summed E-state index contributed by atoms with van der Waals surface area (Å²) in [5, 5.41) is 2.64. The van der Waals surface area contributed by atoms with Gasteiger partial charge in [0.25, 0.3) is 5.91 Å². The Morgan fingerprint density at radius 2 is 1.72 bits per heavy atom. The van der Waals surface area contributed by atoms with E-state index in [1.165, 1.54) is 31.2 Å². The molecule has 1 rings (SSSR count). The van der Waals surface area contributed by atoms with Crippen molar-refractivity contribution in [1.29, 1.82) is 0 Å². The third-order valence-electron chi connectivity index (χ3n) is 3.57. The van der Waals surface area contributed by atoms with E-state index in [0.717, 1.165) is 6.42 Å². The molecule has 0 fully saturated rings. The second-order valence-corrected chi connectivity index (χ2v) is 7.51. The summed E-state index contributed by atoms with van der Waals surface area (Å²) >= 11 is 0. The largest absolute Gasteiger partial charge is 0.449 e. The van der Waals surface area contributed by atoms with Crippen molar-refractivity contribution < 1.29 is 22.7 Å². The van der Waals surface area contributed by atoms with E-state index >= 15 is 0 Å². The predicted molar refractivity (Wildman–Crippen MR) is 94.7 cm³/mol. The van der Waals surface area contributed by atoms with Crippen molar-refractivity contribution >= 4 is 21.9 Å². The lowest BCUT2D eigenvalue weighted by atomic mass is 10.2. The number of ether oxygens (including phenoxy) is 1. The third-order valence-corrected chi connectivity index (χ3v) is 5.18. The molecular weight excluding hydrogens is 344 g/mol. The Kier molecular flexibility index (Phi) is 8.05. The van der Waals surface area contributed by atoms with E-state index in [1.807, 2.05) is 13.8 Å². The van der Waals surface area contributed by atoms with Gasteiger partial charge in [0, 0.05) is 12.6 Å². The molecule has 25 heavy (non-hydrogen) atoms. The molecular formula is C17H26N2O5S. The summed E-state index contributed by atoms with van der Waals surface area (Å²) in [5.41, 5.74) is 0.178. The molecule has 0 aliphatic carbocycles. The summed E-state index contributed by atoms with van der Waals surface area (Å²) in [7, 11) is -3.63. The first-order valence-electron chi connectivity index (χ1n) is 8.32. The Bertz CT molecular complexity index is 685. The van der Waals surface area contributed by atoms with Crippen LogP contribution in [0, 0.1) is 0 Å². The summed E-state index contributed by atoms with van der Waals surface area (Å²) in [6.45, 7) is 7.56. The molecule has 8 heteroatoms. The standard InChI is InChI=1S/C17H26N2O5S/c1-5-11-18-16(20)13(4)24-17(21)14-7-9-15(10-8-14)25(22,23)19-12(3)6-2/h7-10,12-13,19H,5-6,11H2,1-4H3,(H,18,20)/t12-,13+/m0/s1. The maximum Gasteiger partial charge on any atom is 0.338 e. The second-order valence-electron chi connectivity index (χ2n) is 5.79. The van der Waals surface area contributed by atoms with Crippen LogP contribution in [0.5, 0.6) is 0 Å². The molecule has 0 aliphatic rings. The molecule has 0 unspecified atom stereocenters. The van der Waals surface area contributed by atoms with Crippen molar-refractivity contribution in [2.45, 2.75) is 57.6 Å². The molecule has 0 heterocycles. The van der Waals surface area contributed by atoms with Crippen LogP contribution in [0.4, 0.5) is 0 Å². The Morgan fingerprint density at radius 1 is 1.12 bits per heavy atom. The fourth-order valence-electron chi connectivity index (χ4n) is 1.86. The van der Waals surface area contributed by atoms with Gasteiger partial charge >= 0.3 is 5.97 Å². The maximum atomic E-state index is 12.2. The molecule has 7 nitrogen and oxygen atoms in total. The van der Waals surface area contributed by atoms with Crippen LogP contribution in [0.2, 0.25) is 0 Å². The van der Waals surface area contributed by atoms with Crippen LogP contribution in [0.1, 0.15) is 50.9 Å². The Balaban J connectivity index is 2.75. The van der Waals surface area contributed by atoms with Gasteiger partial charge in [-0.2, -0.15) is 0 Å². The number of hydrogen-bond donors (Lipinski definition) is 2. The highest BCUT2D eigenvalue weighted by molar-refractivity contribution is 7.89. The topological polar surface area (TPSA) is 102 Å². The van der Waals surface area contributed by atoms with Gasteiger partial charge in [0.15, 0.2) is 6.10 Å². The molecule has 0 bridgehead atoms. The minimum absolute atomic E-state index is 0.0677. The first kappa shape index (κ1) is 21.1. The number of esters is 1. The van der Waals surface area contributed by atoms with Crippen LogP contribution in [-0.4, -0.2) is 39.0 Å². The van der Waals surface area contributed by atoms with Crippen molar-refractivity contribution in [1.82, 2.24) is 10.0 Å². The monoisotopic (exact) mass is 370 g/mol. The fourth-order valence-corrected chi connectivity index (χ4v) is 3.19. The van der Waals surface area contributed by atoms with Gasteiger partial charge in [0.1, 0.15) is 0 Å². The number of carbonyl (C=O) groups excluding carboxylic acids is 2. The van der Waals surface area contributed by atoms with E-state index in [0.29, 0.717) is 13.0 Å². The van der Waals surface area contributed by atoms with E-state index in [9.17, 15) is 18.0 Å². The zero-order valence-corrected chi connectivity index (χ0v) is 15.9.